The normalized spacial score (nSPS) is 13.3. The van der Waals surface area contributed by atoms with Gasteiger partial charge in [-0.15, -0.1) is 0 Å². The molecule has 0 aliphatic heterocycles. The third-order valence-electron chi connectivity index (χ3n) is 1.99. The summed E-state index contributed by atoms with van der Waals surface area (Å²) in [5, 5.41) is 24.1. The minimum Gasteiger partial charge on any atom is -0.394 e. The first-order chi connectivity index (χ1) is 7.63. The number of halogens is 2. The molecule has 0 aliphatic carbocycles. The van der Waals surface area contributed by atoms with Crippen molar-refractivity contribution in [3.8, 4) is 0 Å². The van der Waals surface area contributed by atoms with E-state index in [4.69, 9.17) is 10.2 Å². The van der Waals surface area contributed by atoms with Crippen molar-refractivity contribution in [1.82, 2.24) is 15.1 Å². The van der Waals surface area contributed by atoms with Crippen molar-refractivity contribution in [2.24, 2.45) is 0 Å². The fraction of sp³-hybridized carbons (Fsp3) is 0.667. The standard InChI is InChI=1S/C9H15F2N3O2/c10-9(11)8(16)5-12-3-7-4-13-14(6-7)1-2-15/h4,6,8-9,12,15-16H,1-3,5H2. The van der Waals surface area contributed by atoms with E-state index < -0.39 is 12.5 Å². The smallest absolute Gasteiger partial charge is 0.265 e. The maximum absolute atomic E-state index is 11.9. The molecule has 0 fully saturated rings. The van der Waals surface area contributed by atoms with Gasteiger partial charge >= 0.3 is 0 Å². The first-order valence-electron chi connectivity index (χ1n) is 4.92. The number of nitrogens with one attached hydrogen (secondary N) is 1. The zero-order valence-corrected chi connectivity index (χ0v) is 8.68. The molecule has 0 radical (unpaired) electrons. The quantitative estimate of drug-likeness (QED) is 0.601. The maximum Gasteiger partial charge on any atom is 0.265 e. The van der Waals surface area contributed by atoms with E-state index >= 15 is 0 Å². The Morgan fingerprint density at radius 2 is 2.25 bits per heavy atom. The molecule has 1 atom stereocenters. The first-order valence-corrected chi connectivity index (χ1v) is 4.92. The Morgan fingerprint density at radius 3 is 2.88 bits per heavy atom. The highest BCUT2D eigenvalue weighted by atomic mass is 19.3. The minimum atomic E-state index is -2.73. The fourth-order valence-corrected chi connectivity index (χ4v) is 1.18. The molecule has 1 unspecified atom stereocenters. The second kappa shape index (κ2) is 6.51. The van der Waals surface area contributed by atoms with Gasteiger partial charge in [0.2, 0.25) is 0 Å². The summed E-state index contributed by atoms with van der Waals surface area (Å²) in [4.78, 5) is 0. The van der Waals surface area contributed by atoms with Crippen molar-refractivity contribution in [3.63, 3.8) is 0 Å². The highest BCUT2D eigenvalue weighted by molar-refractivity contribution is 5.03. The summed E-state index contributed by atoms with van der Waals surface area (Å²) >= 11 is 0. The van der Waals surface area contributed by atoms with E-state index in [0.29, 0.717) is 13.1 Å². The zero-order valence-electron chi connectivity index (χ0n) is 8.68. The molecule has 5 nitrogen and oxygen atoms in total. The van der Waals surface area contributed by atoms with E-state index in [2.05, 4.69) is 10.4 Å². The first kappa shape index (κ1) is 13.0. The molecular weight excluding hydrogens is 220 g/mol. The van der Waals surface area contributed by atoms with Crippen LogP contribution in [0, 0.1) is 0 Å². The third-order valence-corrected chi connectivity index (χ3v) is 1.99. The summed E-state index contributed by atoms with van der Waals surface area (Å²) in [5.74, 6) is 0. The van der Waals surface area contributed by atoms with Gasteiger partial charge in [-0.1, -0.05) is 0 Å². The number of alkyl halides is 2. The molecule has 0 saturated carbocycles. The van der Waals surface area contributed by atoms with E-state index in [1.165, 1.54) is 0 Å². The van der Waals surface area contributed by atoms with Crippen LogP contribution < -0.4 is 5.32 Å². The Kier molecular flexibility index (Phi) is 5.30. The molecule has 1 rings (SSSR count). The third kappa shape index (κ3) is 4.21. The Hall–Kier alpha value is -1.05. The van der Waals surface area contributed by atoms with Crippen molar-refractivity contribution in [2.45, 2.75) is 25.6 Å². The average molecular weight is 235 g/mol. The van der Waals surface area contributed by atoms with Crippen LogP contribution >= 0.6 is 0 Å². The number of aliphatic hydroxyl groups excluding tert-OH is 2. The van der Waals surface area contributed by atoms with E-state index in [1.54, 1.807) is 17.1 Å². The molecule has 1 heterocycles. The second-order valence-corrected chi connectivity index (χ2v) is 3.37. The van der Waals surface area contributed by atoms with Crippen LogP contribution in [-0.4, -0.2) is 45.7 Å². The minimum absolute atomic E-state index is 0.00134. The molecule has 7 heteroatoms. The zero-order chi connectivity index (χ0) is 12.0. The summed E-state index contributed by atoms with van der Waals surface area (Å²) < 4.78 is 25.4. The van der Waals surface area contributed by atoms with E-state index in [1.807, 2.05) is 0 Å². The number of rotatable bonds is 7. The summed E-state index contributed by atoms with van der Waals surface area (Å²) in [7, 11) is 0. The number of aliphatic hydroxyl groups is 2. The average Bonchev–Trinajstić information content (AvgIpc) is 2.66. The molecule has 1 aromatic rings. The van der Waals surface area contributed by atoms with Gasteiger partial charge in [-0.3, -0.25) is 4.68 Å². The van der Waals surface area contributed by atoms with Crippen LogP contribution in [0.25, 0.3) is 0 Å². The van der Waals surface area contributed by atoms with Crippen LogP contribution in [0.3, 0.4) is 0 Å². The Bertz CT molecular complexity index is 307. The number of aromatic nitrogens is 2. The SMILES string of the molecule is OCCn1cc(CNCC(O)C(F)F)cn1. The van der Waals surface area contributed by atoms with Crippen molar-refractivity contribution in [1.29, 1.82) is 0 Å². The highest BCUT2D eigenvalue weighted by Crippen LogP contribution is 2.00. The van der Waals surface area contributed by atoms with Gasteiger partial charge in [-0.05, 0) is 0 Å². The van der Waals surface area contributed by atoms with Gasteiger partial charge < -0.3 is 15.5 Å². The Morgan fingerprint density at radius 1 is 1.50 bits per heavy atom. The largest absolute Gasteiger partial charge is 0.394 e. The van der Waals surface area contributed by atoms with Crippen LogP contribution in [0.15, 0.2) is 12.4 Å². The lowest BCUT2D eigenvalue weighted by Gasteiger charge is -2.09. The highest BCUT2D eigenvalue weighted by Gasteiger charge is 2.15. The molecular formula is C9H15F2N3O2. The van der Waals surface area contributed by atoms with Gasteiger partial charge in [0, 0.05) is 24.8 Å². The molecule has 0 aromatic carbocycles. The summed E-state index contributed by atoms with van der Waals surface area (Å²) in [6.45, 7) is 0.594. The molecule has 3 N–H and O–H groups in total. The van der Waals surface area contributed by atoms with Crippen LogP contribution in [0.4, 0.5) is 8.78 Å². The van der Waals surface area contributed by atoms with Crippen molar-refractivity contribution in [2.75, 3.05) is 13.2 Å². The lowest BCUT2D eigenvalue weighted by Crippen LogP contribution is -2.31. The Labute approximate surface area is 91.7 Å². The summed E-state index contributed by atoms with van der Waals surface area (Å²) in [5.41, 5.74) is 0.815. The predicted octanol–water partition coefficient (Wildman–Crippen LogP) is -0.409. The fourth-order valence-electron chi connectivity index (χ4n) is 1.18. The van der Waals surface area contributed by atoms with Crippen LogP contribution in [0.1, 0.15) is 5.56 Å². The van der Waals surface area contributed by atoms with Gasteiger partial charge in [-0.2, -0.15) is 5.10 Å². The van der Waals surface area contributed by atoms with Gasteiger partial charge in [0.25, 0.3) is 6.43 Å². The molecule has 0 spiro atoms. The molecule has 0 saturated heterocycles. The molecule has 16 heavy (non-hydrogen) atoms. The molecule has 0 aliphatic rings. The van der Waals surface area contributed by atoms with Crippen LogP contribution in [-0.2, 0) is 13.1 Å². The lowest BCUT2D eigenvalue weighted by atomic mass is 10.3. The maximum atomic E-state index is 11.9. The number of hydrogen-bond acceptors (Lipinski definition) is 4. The van der Waals surface area contributed by atoms with Crippen molar-refractivity contribution < 1.29 is 19.0 Å². The van der Waals surface area contributed by atoms with Gasteiger partial charge in [-0.25, -0.2) is 8.78 Å². The molecule has 0 bridgehead atoms. The van der Waals surface area contributed by atoms with Crippen molar-refractivity contribution in [3.05, 3.63) is 18.0 Å². The summed E-state index contributed by atoms with van der Waals surface area (Å²) in [6, 6.07) is 0. The topological polar surface area (TPSA) is 70.3 Å². The molecule has 0 amide bonds. The number of hydrogen-bond donors (Lipinski definition) is 3. The van der Waals surface area contributed by atoms with E-state index in [0.717, 1.165) is 5.56 Å². The van der Waals surface area contributed by atoms with Gasteiger partial charge in [0.1, 0.15) is 6.10 Å². The van der Waals surface area contributed by atoms with Gasteiger partial charge in [0.15, 0.2) is 0 Å². The van der Waals surface area contributed by atoms with Crippen molar-refractivity contribution >= 4 is 0 Å². The van der Waals surface area contributed by atoms with Gasteiger partial charge in [0.05, 0.1) is 19.3 Å². The Balaban J connectivity index is 2.26. The van der Waals surface area contributed by atoms with E-state index in [-0.39, 0.29) is 13.2 Å². The van der Waals surface area contributed by atoms with E-state index in [9.17, 15) is 8.78 Å². The second-order valence-electron chi connectivity index (χ2n) is 3.37. The molecule has 1 aromatic heterocycles. The monoisotopic (exact) mass is 235 g/mol. The molecule has 92 valence electrons. The van der Waals surface area contributed by atoms with Crippen LogP contribution in [0.2, 0.25) is 0 Å². The lowest BCUT2D eigenvalue weighted by molar-refractivity contribution is -0.00340. The predicted molar refractivity (Wildman–Crippen MR) is 53.0 cm³/mol. The summed E-state index contributed by atoms with van der Waals surface area (Å²) in [6.07, 6.45) is -1.09. The number of nitrogens with zero attached hydrogens (tertiary/aromatic N) is 2. The van der Waals surface area contributed by atoms with Crippen LogP contribution in [0.5, 0.6) is 0 Å².